The number of epoxide rings is 1. The summed E-state index contributed by atoms with van der Waals surface area (Å²) in [5.41, 5.74) is 0. The van der Waals surface area contributed by atoms with E-state index in [1.807, 2.05) is 0 Å². The van der Waals surface area contributed by atoms with Gasteiger partial charge in [-0.2, -0.15) is 0 Å². The maximum Gasteiger partial charge on any atom is 0.335 e. The van der Waals surface area contributed by atoms with Gasteiger partial charge in [0.1, 0.15) is 0 Å². The summed E-state index contributed by atoms with van der Waals surface area (Å²) in [6.07, 6.45) is -0.572. The van der Waals surface area contributed by atoms with Crippen LogP contribution in [-0.2, 0) is 9.53 Å². The van der Waals surface area contributed by atoms with Crippen LogP contribution in [-0.4, -0.2) is 23.3 Å². The summed E-state index contributed by atoms with van der Waals surface area (Å²) in [4.78, 5) is 9.85. The zero-order chi connectivity index (χ0) is 5.44. The van der Waals surface area contributed by atoms with E-state index in [1.54, 1.807) is 6.92 Å². The predicted octanol–water partition coefficient (Wildman–Crippen LogP) is -0.142. The van der Waals surface area contributed by atoms with E-state index in [9.17, 15) is 4.79 Å². The third-order valence-electron chi connectivity index (χ3n) is 0.954. The molecule has 0 aromatic carbocycles. The number of hydrogen-bond acceptors (Lipinski definition) is 2. The summed E-state index contributed by atoms with van der Waals surface area (Å²) in [5, 5.41) is 8.10. The van der Waals surface area contributed by atoms with Gasteiger partial charge in [0.05, 0.1) is 6.10 Å². The second-order valence-corrected chi connectivity index (χ2v) is 1.60. The second-order valence-electron chi connectivity index (χ2n) is 1.60. The van der Waals surface area contributed by atoms with E-state index >= 15 is 0 Å². The maximum absolute atomic E-state index is 9.85. The van der Waals surface area contributed by atoms with E-state index < -0.39 is 12.1 Å². The molecule has 3 heteroatoms. The Morgan fingerprint density at radius 3 is 2.29 bits per heavy atom. The molecule has 3 nitrogen and oxygen atoms in total. The smallest absolute Gasteiger partial charge is 0.335 e. The Balaban J connectivity index is 2.33. The Morgan fingerprint density at radius 2 is 2.29 bits per heavy atom. The molecular formula is C4H6O3. The van der Waals surface area contributed by atoms with Gasteiger partial charge in [-0.25, -0.2) is 4.79 Å². The van der Waals surface area contributed by atoms with Gasteiger partial charge in [-0.1, -0.05) is 0 Å². The molecule has 0 spiro atoms. The van der Waals surface area contributed by atoms with Crippen molar-refractivity contribution in [3.05, 3.63) is 0 Å². The number of hydrogen-bond donors (Lipinski definition) is 1. The fourth-order valence-corrected chi connectivity index (χ4v) is 0.445. The molecule has 0 saturated carbocycles. The Morgan fingerprint density at radius 1 is 1.86 bits per heavy atom. The van der Waals surface area contributed by atoms with Crippen LogP contribution in [0.25, 0.3) is 0 Å². The predicted molar refractivity (Wildman–Crippen MR) is 22.0 cm³/mol. The van der Waals surface area contributed by atoms with E-state index in [0.717, 1.165) is 0 Å². The van der Waals surface area contributed by atoms with Crippen molar-refractivity contribution in [1.29, 1.82) is 0 Å². The SMILES string of the molecule is CC1O[C@@H]1C(=O)O. The first kappa shape index (κ1) is 4.59. The largest absolute Gasteiger partial charge is 0.479 e. The van der Waals surface area contributed by atoms with Crippen LogP contribution in [0.3, 0.4) is 0 Å². The first-order chi connectivity index (χ1) is 3.22. The van der Waals surface area contributed by atoms with Gasteiger partial charge < -0.3 is 9.84 Å². The van der Waals surface area contributed by atoms with E-state index in [0.29, 0.717) is 0 Å². The third kappa shape index (κ3) is 0.718. The van der Waals surface area contributed by atoms with Crippen LogP contribution in [0.5, 0.6) is 0 Å². The number of rotatable bonds is 1. The van der Waals surface area contributed by atoms with Crippen molar-refractivity contribution in [2.24, 2.45) is 0 Å². The monoisotopic (exact) mass is 102 g/mol. The quantitative estimate of drug-likeness (QED) is 0.469. The lowest BCUT2D eigenvalue weighted by molar-refractivity contribution is -0.138. The highest BCUT2D eigenvalue weighted by molar-refractivity contribution is 5.75. The molecule has 1 unspecified atom stereocenters. The van der Waals surface area contributed by atoms with Crippen molar-refractivity contribution in [1.82, 2.24) is 0 Å². The van der Waals surface area contributed by atoms with Crippen molar-refractivity contribution in [2.75, 3.05) is 0 Å². The minimum atomic E-state index is -0.854. The van der Waals surface area contributed by atoms with Crippen LogP contribution in [0, 0.1) is 0 Å². The molecule has 0 aromatic heterocycles. The van der Waals surface area contributed by atoms with Gasteiger partial charge in [0.2, 0.25) is 0 Å². The van der Waals surface area contributed by atoms with Gasteiger partial charge in [-0.15, -0.1) is 0 Å². The summed E-state index contributed by atoms with van der Waals surface area (Å²) in [6.45, 7) is 1.73. The molecule has 1 fully saturated rings. The first-order valence-corrected chi connectivity index (χ1v) is 2.10. The van der Waals surface area contributed by atoms with E-state index in [2.05, 4.69) is 4.74 Å². The molecule has 0 radical (unpaired) electrons. The van der Waals surface area contributed by atoms with Crippen LogP contribution in [0.2, 0.25) is 0 Å². The fraction of sp³-hybridized carbons (Fsp3) is 0.750. The number of aliphatic carboxylic acids is 1. The molecule has 1 aliphatic heterocycles. The van der Waals surface area contributed by atoms with Crippen molar-refractivity contribution in [3.8, 4) is 0 Å². The normalized spacial score (nSPS) is 37.9. The Kier molecular flexibility index (Phi) is 0.785. The molecular weight excluding hydrogens is 96.0 g/mol. The van der Waals surface area contributed by atoms with Gasteiger partial charge >= 0.3 is 5.97 Å². The highest BCUT2D eigenvalue weighted by Crippen LogP contribution is 2.20. The number of carboxylic acid groups (broad SMARTS) is 1. The molecule has 1 aliphatic rings. The molecule has 0 aromatic rings. The molecule has 40 valence electrons. The summed E-state index contributed by atoms with van der Waals surface area (Å²) in [5.74, 6) is -0.854. The van der Waals surface area contributed by atoms with Crippen molar-refractivity contribution >= 4 is 5.97 Å². The maximum atomic E-state index is 9.85. The molecule has 2 atom stereocenters. The second kappa shape index (κ2) is 1.20. The Labute approximate surface area is 40.9 Å². The van der Waals surface area contributed by atoms with Gasteiger partial charge in [0.15, 0.2) is 6.10 Å². The number of carbonyl (C=O) groups is 1. The molecule has 1 saturated heterocycles. The van der Waals surface area contributed by atoms with Crippen molar-refractivity contribution < 1.29 is 14.6 Å². The average Bonchev–Trinajstić information content (AvgIpc) is 2.17. The molecule has 0 amide bonds. The van der Waals surface area contributed by atoms with Crippen molar-refractivity contribution in [3.63, 3.8) is 0 Å². The molecule has 1 N–H and O–H groups in total. The highest BCUT2D eigenvalue weighted by Gasteiger charge is 2.40. The fourth-order valence-electron chi connectivity index (χ4n) is 0.445. The van der Waals surface area contributed by atoms with Gasteiger partial charge in [0, 0.05) is 0 Å². The molecule has 0 aliphatic carbocycles. The van der Waals surface area contributed by atoms with E-state index in [4.69, 9.17) is 5.11 Å². The number of ether oxygens (including phenoxy) is 1. The third-order valence-corrected chi connectivity index (χ3v) is 0.954. The summed E-state index contributed by atoms with van der Waals surface area (Å²) in [6, 6.07) is 0. The lowest BCUT2D eigenvalue weighted by Gasteiger charge is -1.74. The van der Waals surface area contributed by atoms with Crippen LogP contribution >= 0.6 is 0 Å². The zero-order valence-corrected chi connectivity index (χ0v) is 3.92. The molecule has 0 bridgehead atoms. The lowest BCUT2D eigenvalue weighted by Crippen LogP contribution is -2.05. The Hall–Kier alpha value is -0.570. The number of carboxylic acids is 1. The molecule has 1 heterocycles. The zero-order valence-electron chi connectivity index (χ0n) is 3.92. The average molecular weight is 102 g/mol. The van der Waals surface area contributed by atoms with E-state index in [1.165, 1.54) is 0 Å². The molecule has 7 heavy (non-hydrogen) atoms. The van der Waals surface area contributed by atoms with Crippen LogP contribution in [0.1, 0.15) is 6.92 Å². The van der Waals surface area contributed by atoms with Crippen LogP contribution in [0.15, 0.2) is 0 Å². The topological polar surface area (TPSA) is 49.8 Å². The first-order valence-electron chi connectivity index (χ1n) is 2.10. The summed E-state index contributed by atoms with van der Waals surface area (Å²) >= 11 is 0. The Bertz CT molecular complexity index is 99.1. The van der Waals surface area contributed by atoms with Gasteiger partial charge in [0.25, 0.3) is 0 Å². The standard InChI is InChI=1S/C4H6O3/c1-2-3(7-2)4(5)6/h2-3H,1H3,(H,5,6)/t2?,3-/m0/s1. The summed E-state index contributed by atoms with van der Waals surface area (Å²) < 4.78 is 4.58. The van der Waals surface area contributed by atoms with Gasteiger partial charge in [-0.3, -0.25) is 0 Å². The highest BCUT2D eigenvalue weighted by atomic mass is 16.6. The van der Waals surface area contributed by atoms with Crippen molar-refractivity contribution in [2.45, 2.75) is 19.1 Å². The summed E-state index contributed by atoms with van der Waals surface area (Å²) in [7, 11) is 0. The minimum absolute atomic E-state index is 0.0579. The van der Waals surface area contributed by atoms with Gasteiger partial charge in [-0.05, 0) is 6.92 Å². The van der Waals surface area contributed by atoms with Crippen LogP contribution < -0.4 is 0 Å². The van der Waals surface area contributed by atoms with E-state index in [-0.39, 0.29) is 6.10 Å². The molecule has 1 rings (SSSR count). The lowest BCUT2D eigenvalue weighted by atomic mass is 10.4. The minimum Gasteiger partial charge on any atom is -0.479 e. The van der Waals surface area contributed by atoms with Crippen LogP contribution in [0.4, 0.5) is 0 Å².